The Morgan fingerprint density at radius 2 is 1.43 bits per heavy atom. The van der Waals surface area contributed by atoms with Crippen molar-refractivity contribution < 1.29 is 9.53 Å². The molecular weight excluding hydrogens is 286 g/mol. The van der Waals surface area contributed by atoms with Crippen molar-refractivity contribution in [3.8, 4) is 11.1 Å². The first-order chi connectivity index (χ1) is 11.1. The Morgan fingerprint density at radius 1 is 0.957 bits per heavy atom. The molecule has 0 heterocycles. The molecule has 3 heteroatoms. The first kappa shape index (κ1) is 15.6. The fraction of sp³-hybridized carbons (Fsp3) is 0.350. The van der Waals surface area contributed by atoms with Gasteiger partial charge in [0.15, 0.2) is 0 Å². The second kappa shape index (κ2) is 6.07. The van der Waals surface area contributed by atoms with Crippen LogP contribution in [-0.2, 0) is 10.2 Å². The van der Waals surface area contributed by atoms with Gasteiger partial charge >= 0.3 is 6.09 Å². The lowest BCUT2D eigenvalue weighted by molar-refractivity contribution is 0.0921. The zero-order valence-electron chi connectivity index (χ0n) is 14.0. The highest BCUT2D eigenvalue weighted by Crippen LogP contribution is 2.48. The zero-order chi connectivity index (χ0) is 16.4. The molecule has 0 atom stereocenters. The van der Waals surface area contributed by atoms with E-state index in [4.69, 9.17) is 4.74 Å². The maximum Gasteiger partial charge on any atom is 0.409 e. The third-order valence-electron chi connectivity index (χ3n) is 4.84. The summed E-state index contributed by atoms with van der Waals surface area (Å²) in [7, 11) is 0. The summed E-state index contributed by atoms with van der Waals surface area (Å²) in [6.07, 6.45) is -0.238. The summed E-state index contributed by atoms with van der Waals surface area (Å²) in [5.41, 5.74) is 4.65. The normalized spacial score (nSPS) is 14.0. The van der Waals surface area contributed by atoms with Crippen LogP contribution in [0.2, 0.25) is 0 Å². The molecule has 0 unspecified atom stereocenters. The monoisotopic (exact) mass is 309 g/mol. The van der Waals surface area contributed by atoms with E-state index < -0.39 is 0 Å². The minimum Gasteiger partial charge on any atom is -0.448 e. The molecule has 1 aliphatic rings. The van der Waals surface area contributed by atoms with Crippen molar-refractivity contribution in [3.05, 3.63) is 59.7 Å². The predicted molar refractivity (Wildman–Crippen MR) is 92.6 cm³/mol. The largest absolute Gasteiger partial charge is 0.448 e. The number of hydrogen-bond acceptors (Lipinski definition) is 2. The molecule has 3 nitrogen and oxygen atoms in total. The first-order valence-corrected chi connectivity index (χ1v) is 8.23. The van der Waals surface area contributed by atoms with Crippen LogP contribution in [0.15, 0.2) is 48.5 Å². The van der Waals surface area contributed by atoms with Crippen LogP contribution < -0.4 is 0 Å². The van der Waals surface area contributed by atoms with E-state index in [2.05, 4.69) is 55.5 Å². The second-order valence-corrected chi connectivity index (χ2v) is 6.15. The molecule has 120 valence electrons. The number of hydrogen-bond donors (Lipinski definition) is 0. The van der Waals surface area contributed by atoms with Gasteiger partial charge in [0.1, 0.15) is 6.61 Å². The highest BCUT2D eigenvalue weighted by molar-refractivity contribution is 5.81. The van der Waals surface area contributed by atoms with Gasteiger partial charge in [0, 0.05) is 13.1 Å². The molecule has 1 aliphatic carbocycles. The van der Waals surface area contributed by atoms with Gasteiger partial charge in [0.2, 0.25) is 0 Å². The molecule has 0 aromatic heterocycles. The summed E-state index contributed by atoms with van der Waals surface area (Å²) in [6, 6.07) is 16.8. The molecule has 0 N–H and O–H groups in total. The average Bonchev–Trinajstić information content (AvgIpc) is 2.85. The molecule has 2 aromatic carbocycles. The van der Waals surface area contributed by atoms with E-state index in [0.29, 0.717) is 19.7 Å². The van der Waals surface area contributed by atoms with Crippen LogP contribution in [0.25, 0.3) is 11.1 Å². The van der Waals surface area contributed by atoms with E-state index >= 15 is 0 Å². The quantitative estimate of drug-likeness (QED) is 0.835. The third kappa shape index (κ3) is 2.50. The number of nitrogens with zero attached hydrogens (tertiary/aromatic N) is 1. The Balaban J connectivity index is 1.93. The van der Waals surface area contributed by atoms with E-state index in [9.17, 15) is 4.79 Å². The highest BCUT2D eigenvalue weighted by Gasteiger charge is 2.40. The van der Waals surface area contributed by atoms with E-state index in [-0.39, 0.29) is 11.5 Å². The van der Waals surface area contributed by atoms with Crippen molar-refractivity contribution in [3.63, 3.8) is 0 Å². The number of rotatable bonds is 4. The summed E-state index contributed by atoms with van der Waals surface area (Å²) in [6.45, 7) is 7.78. The maximum absolute atomic E-state index is 12.2. The van der Waals surface area contributed by atoms with E-state index in [0.717, 1.165) is 0 Å². The minimum absolute atomic E-state index is 0.238. The molecular formula is C20H23NO2. The Bertz CT molecular complexity index is 674. The summed E-state index contributed by atoms with van der Waals surface area (Å²) in [4.78, 5) is 13.9. The SMILES string of the molecule is CCN(CC)C(=O)OCC1(C)c2ccccc2-c2ccccc21. The Hall–Kier alpha value is -2.29. The highest BCUT2D eigenvalue weighted by atomic mass is 16.6. The molecule has 3 rings (SSSR count). The van der Waals surface area contributed by atoms with Gasteiger partial charge in [-0.15, -0.1) is 0 Å². The van der Waals surface area contributed by atoms with Gasteiger partial charge in [0.05, 0.1) is 5.41 Å². The Labute approximate surface area is 137 Å². The second-order valence-electron chi connectivity index (χ2n) is 6.15. The van der Waals surface area contributed by atoms with Gasteiger partial charge in [-0.1, -0.05) is 48.5 Å². The van der Waals surface area contributed by atoms with Crippen LogP contribution in [0.1, 0.15) is 31.9 Å². The average molecular weight is 309 g/mol. The Morgan fingerprint density at radius 3 is 1.91 bits per heavy atom. The van der Waals surface area contributed by atoms with Crippen molar-refractivity contribution in [1.29, 1.82) is 0 Å². The van der Waals surface area contributed by atoms with E-state index in [1.165, 1.54) is 22.3 Å². The van der Waals surface area contributed by atoms with E-state index in [1.54, 1.807) is 4.90 Å². The minimum atomic E-state index is -0.296. The lowest BCUT2D eigenvalue weighted by Crippen LogP contribution is -2.36. The number of fused-ring (bicyclic) bond motifs is 3. The lowest BCUT2D eigenvalue weighted by atomic mass is 9.81. The van der Waals surface area contributed by atoms with Crippen LogP contribution >= 0.6 is 0 Å². The summed E-state index contributed by atoms with van der Waals surface area (Å²) < 4.78 is 5.67. The van der Waals surface area contributed by atoms with Crippen LogP contribution in [0.3, 0.4) is 0 Å². The van der Waals surface area contributed by atoms with Gasteiger partial charge in [-0.2, -0.15) is 0 Å². The number of amides is 1. The first-order valence-electron chi connectivity index (χ1n) is 8.23. The van der Waals surface area contributed by atoms with Crippen molar-refractivity contribution in [2.45, 2.75) is 26.2 Å². The molecule has 0 saturated carbocycles. The molecule has 0 fully saturated rings. The van der Waals surface area contributed by atoms with Gasteiger partial charge in [-0.25, -0.2) is 4.79 Å². The van der Waals surface area contributed by atoms with Crippen LogP contribution in [-0.4, -0.2) is 30.7 Å². The molecule has 2 aromatic rings. The molecule has 0 radical (unpaired) electrons. The maximum atomic E-state index is 12.2. The van der Waals surface area contributed by atoms with Gasteiger partial charge < -0.3 is 9.64 Å². The third-order valence-corrected chi connectivity index (χ3v) is 4.84. The van der Waals surface area contributed by atoms with Gasteiger partial charge in [-0.05, 0) is 43.0 Å². The van der Waals surface area contributed by atoms with Gasteiger partial charge in [0.25, 0.3) is 0 Å². The van der Waals surface area contributed by atoms with Crippen molar-refractivity contribution in [1.82, 2.24) is 4.90 Å². The van der Waals surface area contributed by atoms with Crippen molar-refractivity contribution in [2.75, 3.05) is 19.7 Å². The van der Waals surface area contributed by atoms with Crippen LogP contribution in [0.5, 0.6) is 0 Å². The number of benzene rings is 2. The van der Waals surface area contributed by atoms with Crippen LogP contribution in [0.4, 0.5) is 4.79 Å². The van der Waals surface area contributed by atoms with Gasteiger partial charge in [-0.3, -0.25) is 0 Å². The number of carbonyl (C=O) groups excluding carboxylic acids is 1. The van der Waals surface area contributed by atoms with Crippen molar-refractivity contribution >= 4 is 6.09 Å². The molecule has 23 heavy (non-hydrogen) atoms. The zero-order valence-corrected chi connectivity index (χ0v) is 14.0. The summed E-state index contributed by atoms with van der Waals surface area (Å²) in [5.74, 6) is 0. The fourth-order valence-corrected chi connectivity index (χ4v) is 3.48. The smallest absolute Gasteiger partial charge is 0.409 e. The topological polar surface area (TPSA) is 29.5 Å². The predicted octanol–water partition coefficient (Wildman–Crippen LogP) is 4.45. The van der Waals surface area contributed by atoms with Crippen LogP contribution in [0, 0.1) is 0 Å². The lowest BCUT2D eigenvalue weighted by Gasteiger charge is -2.28. The molecule has 1 amide bonds. The van der Waals surface area contributed by atoms with E-state index in [1.807, 2.05) is 13.8 Å². The summed E-state index contributed by atoms with van der Waals surface area (Å²) in [5, 5.41) is 0. The molecule has 0 spiro atoms. The fourth-order valence-electron chi connectivity index (χ4n) is 3.48. The number of carbonyl (C=O) groups is 1. The summed E-state index contributed by atoms with van der Waals surface area (Å²) >= 11 is 0. The molecule has 0 aliphatic heterocycles. The Kier molecular flexibility index (Phi) is 4.12. The van der Waals surface area contributed by atoms with Crippen molar-refractivity contribution in [2.24, 2.45) is 0 Å². The molecule has 0 saturated heterocycles. The standard InChI is InChI=1S/C20H23NO2/c1-4-21(5-2)19(22)23-14-20(3)17-12-8-6-10-15(17)16-11-7-9-13-18(16)20/h6-13H,4-5,14H2,1-3H3. The molecule has 0 bridgehead atoms. The number of ether oxygens (including phenoxy) is 1.